The number of benzene rings is 2. The quantitative estimate of drug-likeness (QED) is 0.722. The second-order valence-corrected chi connectivity index (χ2v) is 7.78. The van der Waals surface area contributed by atoms with Crippen LogP contribution in [0.4, 0.5) is 0 Å². The fourth-order valence-corrected chi connectivity index (χ4v) is 4.19. The first kappa shape index (κ1) is 22.5. The van der Waals surface area contributed by atoms with Gasteiger partial charge in [-0.3, -0.25) is 14.5 Å². The number of carbonyl (C=O) groups excluding carboxylic acids is 2. The molecule has 0 bridgehead atoms. The zero-order valence-electron chi connectivity index (χ0n) is 18.5. The van der Waals surface area contributed by atoms with Crippen LogP contribution in [-0.2, 0) is 4.79 Å². The van der Waals surface area contributed by atoms with Crippen molar-refractivity contribution in [3.8, 4) is 6.07 Å². The number of nitrogens with zero attached hydrogens (tertiary/aromatic N) is 4. The lowest BCUT2D eigenvalue weighted by Gasteiger charge is -2.39. The molecule has 0 radical (unpaired) electrons. The van der Waals surface area contributed by atoms with Crippen LogP contribution in [0.5, 0.6) is 0 Å². The summed E-state index contributed by atoms with van der Waals surface area (Å²) in [6, 6.07) is 17.7. The first-order chi connectivity index (χ1) is 15.0. The van der Waals surface area contributed by atoms with Gasteiger partial charge in [0.1, 0.15) is 0 Å². The first-order valence-corrected chi connectivity index (χ1v) is 10.9. The standard InChI is InChI=1S/C25H30N4O2/c1-4-27(5-2)25(31)22-11-9-21(10-12-22)24(23-8-6-7-20(17-23)18-26)29-15-13-28(14-16-29)19(3)30/h6-12,17,24H,4-5,13-16H2,1-3H3. The van der Waals surface area contributed by atoms with Crippen molar-refractivity contribution < 1.29 is 9.59 Å². The summed E-state index contributed by atoms with van der Waals surface area (Å²) < 4.78 is 0. The first-order valence-electron chi connectivity index (χ1n) is 10.9. The van der Waals surface area contributed by atoms with Crippen LogP contribution in [0.1, 0.15) is 53.9 Å². The van der Waals surface area contributed by atoms with E-state index in [0.29, 0.717) is 37.3 Å². The third-order valence-corrected chi connectivity index (χ3v) is 5.98. The van der Waals surface area contributed by atoms with Crippen LogP contribution < -0.4 is 0 Å². The molecule has 2 amide bonds. The van der Waals surface area contributed by atoms with Gasteiger partial charge in [-0.1, -0.05) is 24.3 Å². The minimum Gasteiger partial charge on any atom is -0.340 e. The van der Waals surface area contributed by atoms with Gasteiger partial charge in [-0.05, 0) is 49.2 Å². The Hall–Kier alpha value is -3.17. The number of nitriles is 1. The molecule has 0 N–H and O–H groups in total. The van der Waals surface area contributed by atoms with E-state index in [2.05, 4.69) is 11.0 Å². The zero-order chi connectivity index (χ0) is 22.4. The van der Waals surface area contributed by atoms with Gasteiger partial charge < -0.3 is 9.80 Å². The molecule has 1 atom stereocenters. The molecule has 31 heavy (non-hydrogen) atoms. The minimum absolute atomic E-state index is 0.0367. The molecule has 0 aliphatic carbocycles. The van der Waals surface area contributed by atoms with Crippen LogP contribution in [0.25, 0.3) is 0 Å². The molecule has 0 aromatic heterocycles. The summed E-state index contributed by atoms with van der Waals surface area (Å²) in [6.45, 7) is 9.80. The third-order valence-electron chi connectivity index (χ3n) is 5.98. The molecule has 1 aliphatic rings. The number of piperazine rings is 1. The Morgan fingerprint density at radius 2 is 1.65 bits per heavy atom. The predicted octanol–water partition coefficient (Wildman–Crippen LogP) is 3.29. The molecule has 1 fully saturated rings. The number of hydrogen-bond acceptors (Lipinski definition) is 4. The van der Waals surface area contributed by atoms with Crippen molar-refractivity contribution in [2.45, 2.75) is 26.8 Å². The van der Waals surface area contributed by atoms with Gasteiger partial charge in [0, 0.05) is 51.8 Å². The molecule has 6 heteroatoms. The van der Waals surface area contributed by atoms with E-state index in [1.165, 1.54) is 0 Å². The van der Waals surface area contributed by atoms with Crippen LogP contribution in [0.2, 0.25) is 0 Å². The highest BCUT2D eigenvalue weighted by Gasteiger charge is 2.27. The smallest absolute Gasteiger partial charge is 0.253 e. The van der Waals surface area contributed by atoms with E-state index in [4.69, 9.17) is 0 Å². The summed E-state index contributed by atoms with van der Waals surface area (Å²) in [5, 5.41) is 9.37. The van der Waals surface area contributed by atoms with Crippen LogP contribution in [0.15, 0.2) is 48.5 Å². The molecule has 1 heterocycles. The maximum Gasteiger partial charge on any atom is 0.253 e. The summed E-state index contributed by atoms with van der Waals surface area (Å²) in [7, 11) is 0. The molecule has 6 nitrogen and oxygen atoms in total. The Balaban J connectivity index is 1.92. The van der Waals surface area contributed by atoms with Crippen molar-refractivity contribution >= 4 is 11.8 Å². The molecule has 2 aromatic carbocycles. The summed E-state index contributed by atoms with van der Waals surface area (Å²) in [6.07, 6.45) is 0. The highest BCUT2D eigenvalue weighted by molar-refractivity contribution is 5.94. The average molecular weight is 419 g/mol. The molecule has 2 aromatic rings. The molecule has 0 saturated carbocycles. The van der Waals surface area contributed by atoms with Crippen LogP contribution >= 0.6 is 0 Å². The van der Waals surface area contributed by atoms with Crippen molar-refractivity contribution in [2.24, 2.45) is 0 Å². The molecular weight excluding hydrogens is 388 g/mol. The summed E-state index contributed by atoms with van der Waals surface area (Å²) >= 11 is 0. The largest absolute Gasteiger partial charge is 0.340 e. The van der Waals surface area contributed by atoms with Gasteiger partial charge in [0.2, 0.25) is 5.91 Å². The molecule has 0 spiro atoms. The fourth-order valence-electron chi connectivity index (χ4n) is 4.19. The maximum absolute atomic E-state index is 12.7. The number of carbonyl (C=O) groups is 2. The third kappa shape index (κ3) is 5.12. The fraction of sp³-hybridized carbons (Fsp3) is 0.400. The molecule has 162 valence electrons. The molecule has 1 saturated heterocycles. The average Bonchev–Trinajstić information content (AvgIpc) is 2.81. The van der Waals surface area contributed by atoms with Gasteiger partial charge >= 0.3 is 0 Å². The Morgan fingerprint density at radius 3 is 2.19 bits per heavy atom. The normalized spacial score (nSPS) is 15.2. The topological polar surface area (TPSA) is 67.7 Å². The lowest BCUT2D eigenvalue weighted by Crippen LogP contribution is -2.49. The molecular formula is C25H30N4O2. The number of amides is 2. The van der Waals surface area contributed by atoms with Gasteiger partial charge in [-0.25, -0.2) is 0 Å². The van der Waals surface area contributed by atoms with Gasteiger partial charge in [-0.15, -0.1) is 0 Å². The Morgan fingerprint density at radius 1 is 1.00 bits per heavy atom. The van der Waals surface area contributed by atoms with Crippen molar-refractivity contribution in [3.05, 3.63) is 70.8 Å². The van der Waals surface area contributed by atoms with Gasteiger partial charge in [-0.2, -0.15) is 5.26 Å². The Labute approximate surface area is 184 Å². The van der Waals surface area contributed by atoms with E-state index in [1.807, 2.05) is 66.1 Å². The van der Waals surface area contributed by atoms with Crippen LogP contribution in [0, 0.1) is 11.3 Å². The maximum atomic E-state index is 12.7. The van der Waals surface area contributed by atoms with Gasteiger partial charge in [0.15, 0.2) is 0 Å². The summed E-state index contributed by atoms with van der Waals surface area (Å²) in [5.41, 5.74) is 3.41. The van der Waals surface area contributed by atoms with E-state index in [-0.39, 0.29) is 17.9 Å². The molecule has 1 aliphatic heterocycles. The lowest BCUT2D eigenvalue weighted by molar-refractivity contribution is -0.130. The molecule has 3 rings (SSSR count). The van der Waals surface area contributed by atoms with Gasteiger partial charge in [0.25, 0.3) is 5.91 Å². The van der Waals surface area contributed by atoms with Crippen LogP contribution in [-0.4, -0.2) is 65.8 Å². The minimum atomic E-state index is -0.0417. The molecule has 1 unspecified atom stereocenters. The van der Waals surface area contributed by atoms with E-state index in [9.17, 15) is 14.9 Å². The van der Waals surface area contributed by atoms with Crippen molar-refractivity contribution in [2.75, 3.05) is 39.3 Å². The Bertz CT molecular complexity index is 952. The second-order valence-electron chi connectivity index (χ2n) is 7.78. The van der Waals surface area contributed by atoms with Crippen molar-refractivity contribution in [1.82, 2.24) is 14.7 Å². The summed E-state index contributed by atoms with van der Waals surface area (Å²) in [4.78, 5) is 30.4. The summed E-state index contributed by atoms with van der Waals surface area (Å²) in [5.74, 6) is 0.136. The van der Waals surface area contributed by atoms with E-state index in [0.717, 1.165) is 24.2 Å². The highest BCUT2D eigenvalue weighted by Crippen LogP contribution is 2.30. The van der Waals surface area contributed by atoms with Crippen molar-refractivity contribution in [3.63, 3.8) is 0 Å². The van der Waals surface area contributed by atoms with Gasteiger partial charge in [0.05, 0.1) is 17.7 Å². The van der Waals surface area contributed by atoms with Crippen molar-refractivity contribution in [1.29, 1.82) is 5.26 Å². The lowest BCUT2D eigenvalue weighted by atomic mass is 9.94. The SMILES string of the molecule is CCN(CC)C(=O)c1ccc(C(c2cccc(C#N)c2)N2CCN(C(C)=O)CC2)cc1. The van der Waals surface area contributed by atoms with E-state index in [1.54, 1.807) is 13.0 Å². The monoisotopic (exact) mass is 418 g/mol. The number of rotatable bonds is 6. The van der Waals surface area contributed by atoms with Crippen LogP contribution in [0.3, 0.4) is 0 Å². The number of hydrogen-bond donors (Lipinski definition) is 0. The highest BCUT2D eigenvalue weighted by atomic mass is 16.2. The zero-order valence-corrected chi connectivity index (χ0v) is 18.5. The Kier molecular flexibility index (Phi) is 7.43. The van der Waals surface area contributed by atoms with E-state index < -0.39 is 0 Å². The van der Waals surface area contributed by atoms with E-state index >= 15 is 0 Å². The second kappa shape index (κ2) is 10.2. The predicted molar refractivity (Wildman–Crippen MR) is 121 cm³/mol.